The summed E-state index contributed by atoms with van der Waals surface area (Å²) in [5, 5.41) is 28.2. The predicted octanol–water partition coefficient (Wildman–Crippen LogP) is 3.26. The highest BCUT2D eigenvalue weighted by atomic mass is 16.3. The minimum absolute atomic E-state index is 0.0594. The number of phenolic OH excluding ortho intramolecular Hbond substituents is 3. The van der Waals surface area contributed by atoms with E-state index in [9.17, 15) is 20.1 Å². The zero-order valence-corrected chi connectivity index (χ0v) is 11.9. The Hall–Kier alpha value is -2.75. The van der Waals surface area contributed by atoms with Gasteiger partial charge in [-0.15, -0.1) is 0 Å². The maximum atomic E-state index is 12.3. The van der Waals surface area contributed by atoms with Gasteiger partial charge in [0.05, 0.1) is 0 Å². The van der Waals surface area contributed by atoms with Crippen molar-refractivity contribution in [2.24, 2.45) is 5.92 Å². The van der Waals surface area contributed by atoms with Crippen LogP contribution < -0.4 is 0 Å². The Labute approximate surface area is 128 Å². The van der Waals surface area contributed by atoms with Crippen LogP contribution in [0.4, 0.5) is 0 Å². The molecule has 0 spiro atoms. The zero-order chi connectivity index (χ0) is 15.7. The number of aromatic hydroxyl groups is 3. The Morgan fingerprint density at radius 2 is 1.86 bits per heavy atom. The van der Waals surface area contributed by atoms with Crippen LogP contribution in [0.1, 0.15) is 27.9 Å². The van der Waals surface area contributed by atoms with E-state index >= 15 is 0 Å². The second-order valence-electron chi connectivity index (χ2n) is 5.49. The molecule has 0 bridgehead atoms. The molecule has 0 aromatic heterocycles. The van der Waals surface area contributed by atoms with Crippen molar-refractivity contribution in [3.8, 4) is 17.2 Å². The SMILES string of the molecule is O=C1c2cc(O)ccc2CC1C/C=C/c1ccc(O)c(O)c1. The van der Waals surface area contributed by atoms with Gasteiger partial charge in [-0.2, -0.15) is 0 Å². The molecule has 3 rings (SSSR count). The second-order valence-corrected chi connectivity index (χ2v) is 5.49. The molecule has 112 valence electrons. The molecule has 0 saturated carbocycles. The van der Waals surface area contributed by atoms with Crippen LogP contribution in [0.15, 0.2) is 42.5 Å². The number of Topliss-reactive ketones (excluding diaryl/α,β-unsaturated/α-hetero) is 1. The third kappa shape index (κ3) is 2.68. The van der Waals surface area contributed by atoms with Crippen molar-refractivity contribution in [1.29, 1.82) is 0 Å². The van der Waals surface area contributed by atoms with E-state index in [-0.39, 0.29) is 28.9 Å². The Morgan fingerprint density at radius 3 is 2.64 bits per heavy atom. The second kappa shape index (κ2) is 5.56. The van der Waals surface area contributed by atoms with E-state index in [4.69, 9.17) is 0 Å². The first kappa shape index (κ1) is 14.2. The van der Waals surface area contributed by atoms with Crippen LogP contribution in [0, 0.1) is 5.92 Å². The smallest absolute Gasteiger partial charge is 0.166 e. The number of fused-ring (bicyclic) bond motifs is 1. The van der Waals surface area contributed by atoms with E-state index in [1.165, 1.54) is 18.2 Å². The molecule has 0 aliphatic heterocycles. The molecule has 0 saturated heterocycles. The number of allylic oxidation sites excluding steroid dienone is 1. The van der Waals surface area contributed by atoms with Crippen molar-refractivity contribution < 1.29 is 20.1 Å². The van der Waals surface area contributed by atoms with Gasteiger partial charge >= 0.3 is 0 Å². The predicted molar refractivity (Wildman–Crippen MR) is 83.1 cm³/mol. The van der Waals surface area contributed by atoms with Crippen molar-refractivity contribution >= 4 is 11.9 Å². The molecule has 22 heavy (non-hydrogen) atoms. The van der Waals surface area contributed by atoms with Crippen LogP contribution in [-0.4, -0.2) is 21.1 Å². The first-order valence-corrected chi connectivity index (χ1v) is 7.09. The summed E-state index contributed by atoms with van der Waals surface area (Å²) in [6, 6.07) is 9.51. The molecular weight excluding hydrogens is 280 g/mol. The van der Waals surface area contributed by atoms with Gasteiger partial charge in [0.15, 0.2) is 17.3 Å². The van der Waals surface area contributed by atoms with Gasteiger partial charge in [0.1, 0.15) is 5.75 Å². The average molecular weight is 296 g/mol. The Morgan fingerprint density at radius 1 is 1.05 bits per heavy atom. The third-order valence-corrected chi connectivity index (χ3v) is 3.93. The molecular formula is C18H16O4. The first-order chi connectivity index (χ1) is 10.5. The Bertz CT molecular complexity index is 762. The van der Waals surface area contributed by atoms with Gasteiger partial charge < -0.3 is 15.3 Å². The van der Waals surface area contributed by atoms with Crippen molar-refractivity contribution in [1.82, 2.24) is 0 Å². The van der Waals surface area contributed by atoms with Gasteiger partial charge in [-0.05, 0) is 48.2 Å². The van der Waals surface area contributed by atoms with Gasteiger partial charge in [-0.25, -0.2) is 0 Å². The first-order valence-electron chi connectivity index (χ1n) is 7.09. The molecule has 4 nitrogen and oxygen atoms in total. The molecule has 3 N–H and O–H groups in total. The normalized spacial score (nSPS) is 17.1. The number of phenols is 3. The van der Waals surface area contributed by atoms with Gasteiger partial charge in [0, 0.05) is 11.5 Å². The lowest BCUT2D eigenvalue weighted by atomic mass is 10.00. The minimum atomic E-state index is -0.165. The number of benzene rings is 2. The number of carbonyl (C=O) groups is 1. The zero-order valence-electron chi connectivity index (χ0n) is 11.9. The van der Waals surface area contributed by atoms with E-state index in [0.29, 0.717) is 18.4 Å². The van der Waals surface area contributed by atoms with Crippen molar-refractivity contribution in [3.63, 3.8) is 0 Å². The molecule has 0 radical (unpaired) electrons. The van der Waals surface area contributed by atoms with Crippen molar-refractivity contribution in [3.05, 3.63) is 59.2 Å². The van der Waals surface area contributed by atoms with Crippen molar-refractivity contribution in [2.45, 2.75) is 12.8 Å². The highest BCUT2D eigenvalue weighted by Gasteiger charge is 2.29. The quantitative estimate of drug-likeness (QED) is 0.760. The molecule has 1 atom stereocenters. The summed E-state index contributed by atoms with van der Waals surface area (Å²) in [5.41, 5.74) is 2.35. The Balaban J connectivity index is 1.69. The number of hydrogen-bond donors (Lipinski definition) is 3. The molecule has 0 fully saturated rings. The van der Waals surface area contributed by atoms with E-state index in [0.717, 1.165) is 11.1 Å². The summed E-state index contributed by atoms with van der Waals surface area (Å²) in [4.78, 5) is 12.3. The monoisotopic (exact) mass is 296 g/mol. The lowest BCUT2D eigenvalue weighted by molar-refractivity contribution is 0.0937. The fourth-order valence-electron chi connectivity index (χ4n) is 2.75. The summed E-state index contributed by atoms with van der Waals surface area (Å²) in [6.07, 6.45) is 4.97. The molecule has 1 aliphatic rings. The van der Waals surface area contributed by atoms with E-state index in [1.54, 1.807) is 18.2 Å². The Kier molecular flexibility index (Phi) is 3.59. The number of rotatable bonds is 3. The standard InChI is InChI=1S/C18H16O4/c19-14-6-5-12-9-13(18(22)15(12)10-14)3-1-2-11-4-7-16(20)17(21)8-11/h1-2,4-8,10,13,19-21H,3,9H2/b2-1+. The highest BCUT2D eigenvalue weighted by Crippen LogP contribution is 2.32. The van der Waals surface area contributed by atoms with E-state index < -0.39 is 0 Å². The van der Waals surface area contributed by atoms with E-state index in [2.05, 4.69) is 0 Å². The number of ketones is 1. The molecule has 2 aromatic rings. The van der Waals surface area contributed by atoms with Gasteiger partial charge in [0.2, 0.25) is 0 Å². The summed E-state index contributed by atoms with van der Waals surface area (Å²) in [7, 11) is 0. The summed E-state index contributed by atoms with van der Waals surface area (Å²) in [6.45, 7) is 0. The van der Waals surface area contributed by atoms with E-state index in [1.807, 2.05) is 12.2 Å². The molecule has 4 heteroatoms. The number of hydrogen-bond acceptors (Lipinski definition) is 4. The maximum absolute atomic E-state index is 12.3. The fraction of sp³-hybridized carbons (Fsp3) is 0.167. The fourth-order valence-corrected chi connectivity index (χ4v) is 2.75. The lowest BCUT2D eigenvalue weighted by Crippen LogP contribution is -2.07. The summed E-state index contributed by atoms with van der Waals surface area (Å²) in [5.74, 6) is -0.258. The topological polar surface area (TPSA) is 77.8 Å². The molecule has 2 aromatic carbocycles. The molecule has 0 heterocycles. The minimum Gasteiger partial charge on any atom is -0.508 e. The largest absolute Gasteiger partial charge is 0.508 e. The van der Waals surface area contributed by atoms with Crippen LogP contribution in [0.3, 0.4) is 0 Å². The van der Waals surface area contributed by atoms with Gasteiger partial charge in [-0.3, -0.25) is 4.79 Å². The maximum Gasteiger partial charge on any atom is 0.166 e. The van der Waals surface area contributed by atoms with Crippen LogP contribution in [0.5, 0.6) is 17.2 Å². The number of carbonyl (C=O) groups excluding carboxylic acids is 1. The average Bonchev–Trinajstić information content (AvgIpc) is 2.79. The van der Waals surface area contributed by atoms with Gasteiger partial charge in [0.25, 0.3) is 0 Å². The molecule has 1 aliphatic carbocycles. The van der Waals surface area contributed by atoms with Gasteiger partial charge in [-0.1, -0.05) is 24.3 Å². The van der Waals surface area contributed by atoms with Crippen LogP contribution in [0.2, 0.25) is 0 Å². The highest BCUT2D eigenvalue weighted by molar-refractivity contribution is 6.02. The summed E-state index contributed by atoms with van der Waals surface area (Å²) < 4.78 is 0. The summed E-state index contributed by atoms with van der Waals surface area (Å²) >= 11 is 0. The van der Waals surface area contributed by atoms with Crippen molar-refractivity contribution in [2.75, 3.05) is 0 Å². The molecule has 1 unspecified atom stereocenters. The van der Waals surface area contributed by atoms with Crippen LogP contribution >= 0.6 is 0 Å². The third-order valence-electron chi connectivity index (χ3n) is 3.93. The molecule has 0 amide bonds. The lowest BCUT2D eigenvalue weighted by Gasteiger charge is -2.03. The van der Waals surface area contributed by atoms with Crippen LogP contribution in [0.25, 0.3) is 6.08 Å². The van der Waals surface area contributed by atoms with Crippen LogP contribution in [-0.2, 0) is 6.42 Å².